The molecule has 0 spiro atoms. The predicted molar refractivity (Wildman–Crippen MR) is 124 cm³/mol. The third kappa shape index (κ3) is 9.74. The van der Waals surface area contributed by atoms with Crippen LogP contribution in [0.3, 0.4) is 0 Å². The summed E-state index contributed by atoms with van der Waals surface area (Å²) in [4.78, 5) is 47.3. The number of alkyl carbamates (subject to hydrolysis) is 1. The van der Waals surface area contributed by atoms with Crippen LogP contribution in [0.4, 0.5) is 10.5 Å². The normalized spacial score (nSPS) is 14.8. The van der Waals surface area contributed by atoms with Crippen molar-refractivity contribution in [1.29, 1.82) is 0 Å². The molecule has 1 aromatic carbocycles. The SMILES string of the molecule is CC[C@H](C)[C@H](NC(=O)CC(O)[C@H](Cc1ccc([N+](=O)[O-])cc1)NC(=O)OC(C)(C)C)C(=O)OC. The number of rotatable bonds is 11. The first-order valence-corrected chi connectivity index (χ1v) is 11.1. The van der Waals surface area contributed by atoms with E-state index in [-0.39, 0.29) is 18.0 Å². The third-order valence-corrected chi connectivity index (χ3v) is 5.15. The molecular formula is C23H35N3O8. The fraction of sp³-hybridized carbons (Fsp3) is 0.609. The number of aliphatic hydroxyl groups excluding tert-OH is 1. The molecule has 4 atom stereocenters. The van der Waals surface area contributed by atoms with Gasteiger partial charge in [0.25, 0.3) is 5.69 Å². The van der Waals surface area contributed by atoms with E-state index >= 15 is 0 Å². The van der Waals surface area contributed by atoms with Crippen molar-refractivity contribution in [3.8, 4) is 0 Å². The van der Waals surface area contributed by atoms with Crippen molar-refractivity contribution >= 4 is 23.7 Å². The van der Waals surface area contributed by atoms with Gasteiger partial charge in [0.05, 0.1) is 30.6 Å². The van der Waals surface area contributed by atoms with Crippen molar-refractivity contribution in [2.75, 3.05) is 7.11 Å². The van der Waals surface area contributed by atoms with Gasteiger partial charge in [-0.05, 0) is 38.7 Å². The lowest BCUT2D eigenvalue weighted by molar-refractivity contribution is -0.384. The van der Waals surface area contributed by atoms with Gasteiger partial charge in [0.15, 0.2) is 0 Å². The summed E-state index contributed by atoms with van der Waals surface area (Å²) in [5.41, 5.74) is -0.286. The highest BCUT2D eigenvalue weighted by Crippen LogP contribution is 2.16. The van der Waals surface area contributed by atoms with Crippen LogP contribution in [0.5, 0.6) is 0 Å². The average molecular weight is 482 g/mol. The van der Waals surface area contributed by atoms with Crippen LogP contribution in [-0.2, 0) is 25.5 Å². The number of carbonyl (C=O) groups excluding carboxylic acids is 3. The Bertz CT molecular complexity index is 851. The number of hydrogen-bond acceptors (Lipinski definition) is 8. The number of carbonyl (C=O) groups is 3. The molecule has 1 aromatic rings. The Kier molecular flexibility index (Phi) is 10.9. The van der Waals surface area contributed by atoms with E-state index in [2.05, 4.69) is 10.6 Å². The molecule has 34 heavy (non-hydrogen) atoms. The van der Waals surface area contributed by atoms with E-state index < -0.39 is 53.1 Å². The second-order valence-electron chi connectivity index (χ2n) is 9.11. The van der Waals surface area contributed by atoms with E-state index in [1.807, 2.05) is 6.92 Å². The molecule has 0 aliphatic rings. The van der Waals surface area contributed by atoms with E-state index in [0.29, 0.717) is 12.0 Å². The Labute approximate surface area is 199 Å². The van der Waals surface area contributed by atoms with Gasteiger partial charge in [-0.3, -0.25) is 14.9 Å². The molecule has 0 saturated heterocycles. The molecule has 0 aliphatic heterocycles. The van der Waals surface area contributed by atoms with Crippen LogP contribution in [0.25, 0.3) is 0 Å². The van der Waals surface area contributed by atoms with Gasteiger partial charge in [0.1, 0.15) is 11.6 Å². The molecule has 2 amide bonds. The number of nitrogens with one attached hydrogen (secondary N) is 2. The smallest absolute Gasteiger partial charge is 0.407 e. The number of esters is 1. The Hall–Kier alpha value is -3.21. The van der Waals surface area contributed by atoms with Gasteiger partial charge >= 0.3 is 12.1 Å². The van der Waals surface area contributed by atoms with Crippen LogP contribution in [0.2, 0.25) is 0 Å². The van der Waals surface area contributed by atoms with E-state index in [9.17, 15) is 29.6 Å². The summed E-state index contributed by atoms with van der Waals surface area (Å²) in [5, 5.41) is 26.8. The van der Waals surface area contributed by atoms with Crippen molar-refractivity contribution in [3.63, 3.8) is 0 Å². The molecule has 0 aromatic heterocycles. The summed E-state index contributed by atoms with van der Waals surface area (Å²) < 4.78 is 10.0. The number of nitro benzene ring substituents is 1. The minimum atomic E-state index is -1.34. The fourth-order valence-electron chi connectivity index (χ4n) is 3.11. The zero-order valence-electron chi connectivity index (χ0n) is 20.5. The quantitative estimate of drug-likeness (QED) is 0.247. The first-order chi connectivity index (χ1) is 15.8. The molecule has 11 heteroatoms. The summed E-state index contributed by atoms with van der Waals surface area (Å²) in [6.07, 6.45) is -1.83. The Morgan fingerprint density at radius 3 is 2.21 bits per heavy atom. The van der Waals surface area contributed by atoms with Crippen LogP contribution in [0.15, 0.2) is 24.3 Å². The highest BCUT2D eigenvalue weighted by atomic mass is 16.6. The summed E-state index contributed by atoms with van der Waals surface area (Å²) in [6.45, 7) is 8.71. The number of methoxy groups -OCH3 is 1. The second kappa shape index (κ2) is 12.9. The molecule has 3 N–H and O–H groups in total. The van der Waals surface area contributed by atoms with Crippen molar-refractivity contribution in [2.45, 2.75) is 77.7 Å². The van der Waals surface area contributed by atoms with E-state index in [0.717, 1.165) is 0 Å². The predicted octanol–water partition coefficient (Wildman–Crippen LogP) is 2.49. The average Bonchev–Trinajstić information content (AvgIpc) is 2.74. The number of amides is 2. The van der Waals surface area contributed by atoms with Gasteiger partial charge in [-0.25, -0.2) is 9.59 Å². The Morgan fingerprint density at radius 2 is 1.74 bits per heavy atom. The number of aliphatic hydroxyl groups is 1. The molecule has 0 radical (unpaired) electrons. The van der Waals surface area contributed by atoms with Gasteiger partial charge in [0, 0.05) is 12.1 Å². The fourth-order valence-corrected chi connectivity index (χ4v) is 3.11. The summed E-state index contributed by atoms with van der Waals surface area (Å²) in [6, 6.07) is 3.82. The van der Waals surface area contributed by atoms with Crippen LogP contribution in [-0.4, -0.2) is 58.9 Å². The third-order valence-electron chi connectivity index (χ3n) is 5.15. The molecule has 0 bridgehead atoms. The number of benzene rings is 1. The molecule has 190 valence electrons. The molecule has 11 nitrogen and oxygen atoms in total. The largest absolute Gasteiger partial charge is 0.467 e. The van der Waals surface area contributed by atoms with Crippen LogP contribution >= 0.6 is 0 Å². The van der Waals surface area contributed by atoms with Crippen molar-refractivity contribution in [3.05, 3.63) is 39.9 Å². The van der Waals surface area contributed by atoms with Gasteiger partial charge < -0.3 is 25.2 Å². The standard InChI is InChI=1S/C23H35N3O8/c1-7-14(2)20(21(29)33-6)25-19(28)13-18(27)17(24-22(30)34-23(3,4)5)12-15-8-10-16(11-9-15)26(31)32/h8-11,14,17-18,20,27H,7,12-13H2,1-6H3,(H,24,30)(H,25,28)/t14-,17-,18?,20-/m0/s1. The van der Waals surface area contributed by atoms with E-state index in [1.165, 1.54) is 31.4 Å². The molecule has 0 saturated carbocycles. The van der Waals surface area contributed by atoms with Crippen LogP contribution in [0, 0.1) is 16.0 Å². The monoisotopic (exact) mass is 481 g/mol. The number of ether oxygens (including phenoxy) is 2. The molecule has 0 heterocycles. The molecule has 0 fully saturated rings. The van der Waals surface area contributed by atoms with Crippen molar-refractivity contribution < 1.29 is 33.9 Å². The zero-order valence-corrected chi connectivity index (χ0v) is 20.5. The highest BCUT2D eigenvalue weighted by Gasteiger charge is 2.30. The van der Waals surface area contributed by atoms with Gasteiger partial charge in [-0.15, -0.1) is 0 Å². The Balaban J connectivity index is 3.00. The number of hydrogen-bond donors (Lipinski definition) is 3. The first kappa shape index (κ1) is 28.8. The molecule has 1 rings (SSSR count). The lowest BCUT2D eigenvalue weighted by atomic mass is 9.97. The molecule has 0 aliphatic carbocycles. The maximum Gasteiger partial charge on any atom is 0.407 e. The molecular weight excluding hydrogens is 446 g/mol. The maximum atomic E-state index is 12.6. The minimum Gasteiger partial charge on any atom is -0.467 e. The first-order valence-electron chi connectivity index (χ1n) is 11.1. The van der Waals surface area contributed by atoms with E-state index in [1.54, 1.807) is 27.7 Å². The van der Waals surface area contributed by atoms with Crippen molar-refractivity contribution in [1.82, 2.24) is 10.6 Å². The number of non-ortho nitro benzene ring substituents is 1. The van der Waals surface area contributed by atoms with Crippen molar-refractivity contribution in [2.24, 2.45) is 5.92 Å². The van der Waals surface area contributed by atoms with Crippen LogP contribution in [0.1, 0.15) is 53.0 Å². The summed E-state index contributed by atoms with van der Waals surface area (Å²) in [5.74, 6) is -1.38. The second-order valence-corrected chi connectivity index (χ2v) is 9.11. The Morgan fingerprint density at radius 1 is 1.15 bits per heavy atom. The lowest BCUT2D eigenvalue weighted by Crippen LogP contribution is -2.50. The summed E-state index contributed by atoms with van der Waals surface area (Å²) in [7, 11) is 1.23. The van der Waals surface area contributed by atoms with Gasteiger partial charge in [-0.1, -0.05) is 32.4 Å². The lowest BCUT2D eigenvalue weighted by Gasteiger charge is -2.27. The van der Waals surface area contributed by atoms with E-state index in [4.69, 9.17) is 9.47 Å². The summed E-state index contributed by atoms with van der Waals surface area (Å²) >= 11 is 0. The highest BCUT2D eigenvalue weighted by molar-refractivity contribution is 5.85. The number of nitrogens with zero attached hydrogens (tertiary/aromatic N) is 1. The van der Waals surface area contributed by atoms with Gasteiger partial charge in [0.2, 0.25) is 5.91 Å². The van der Waals surface area contributed by atoms with Gasteiger partial charge in [-0.2, -0.15) is 0 Å². The molecule has 1 unspecified atom stereocenters. The zero-order chi connectivity index (χ0) is 26.1. The van der Waals surface area contributed by atoms with Crippen LogP contribution < -0.4 is 10.6 Å². The topological polar surface area (TPSA) is 157 Å². The maximum absolute atomic E-state index is 12.6. The minimum absolute atomic E-state index is 0.0808. The number of nitro groups is 1.